The minimum absolute atomic E-state index is 0.0949. The number of aromatic hydroxyl groups is 1. The van der Waals surface area contributed by atoms with Gasteiger partial charge in [0.2, 0.25) is 0 Å². The van der Waals surface area contributed by atoms with Crippen LogP contribution in [0.4, 0.5) is 5.69 Å². The highest BCUT2D eigenvalue weighted by Crippen LogP contribution is 2.51. The van der Waals surface area contributed by atoms with Gasteiger partial charge in [-0.05, 0) is 77.1 Å². The third kappa shape index (κ3) is 4.39. The zero-order valence-electron chi connectivity index (χ0n) is 22.9. The quantitative estimate of drug-likeness (QED) is 0.280. The minimum Gasteiger partial charge on any atom is -0.511 e. The summed E-state index contributed by atoms with van der Waals surface area (Å²) in [5.41, 5.74) is 6.28. The maximum Gasteiger partial charge on any atom is 0.255 e. The van der Waals surface area contributed by atoms with Crippen molar-refractivity contribution in [1.29, 1.82) is 0 Å². The van der Waals surface area contributed by atoms with Crippen molar-refractivity contribution in [1.82, 2.24) is 9.80 Å². The third-order valence-corrected chi connectivity index (χ3v) is 9.06. The van der Waals surface area contributed by atoms with Crippen LogP contribution in [0.1, 0.15) is 49.0 Å². The summed E-state index contributed by atoms with van der Waals surface area (Å²) in [6.45, 7) is 6.25. The van der Waals surface area contributed by atoms with Crippen molar-refractivity contribution in [3.05, 3.63) is 45.9 Å². The summed E-state index contributed by atoms with van der Waals surface area (Å²) < 4.78 is 0. The van der Waals surface area contributed by atoms with Crippen molar-refractivity contribution >= 4 is 23.2 Å². The van der Waals surface area contributed by atoms with Gasteiger partial charge < -0.3 is 31.3 Å². The van der Waals surface area contributed by atoms with E-state index in [4.69, 9.17) is 5.73 Å². The molecule has 39 heavy (non-hydrogen) atoms. The molecule has 0 radical (unpaired) electrons. The van der Waals surface area contributed by atoms with Crippen molar-refractivity contribution in [2.45, 2.75) is 57.7 Å². The number of carbonyl (C=O) groups is 3. The molecule has 1 aliphatic heterocycles. The second-order valence-corrected chi connectivity index (χ2v) is 11.8. The number of phenols is 1. The Kier molecular flexibility index (Phi) is 6.97. The van der Waals surface area contributed by atoms with Gasteiger partial charge in [0, 0.05) is 30.7 Å². The highest BCUT2D eigenvalue weighted by molar-refractivity contribution is 6.22. The summed E-state index contributed by atoms with van der Waals surface area (Å²) >= 11 is 0. The molecule has 6 N–H and O–H groups in total. The van der Waals surface area contributed by atoms with Crippen LogP contribution in [-0.2, 0) is 16.0 Å². The number of hydrogen-bond acceptors (Lipinski definition) is 9. The number of likely N-dealkylation sites (N-methyl/N-ethyl adjacent to an activating group) is 1. The number of amides is 1. The monoisotopic (exact) mass is 538 g/mol. The van der Waals surface area contributed by atoms with E-state index in [0.717, 1.165) is 25.9 Å². The number of hydrogen-bond donors (Lipinski definition) is 5. The van der Waals surface area contributed by atoms with Gasteiger partial charge in [-0.2, -0.15) is 0 Å². The number of ketones is 2. The summed E-state index contributed by atoms with van der Waals surface area (Å²) in [4.78, 5) is 43.3. The number of Topliss-reactive ketones (excluding diaryl/α,β-unsaturated/α-hetero) is 2. The Hall–Kier alpha value is -3.37. The summed E-state index contributed by atoms with van der Waals surface area (Å²) in [7, 11) is 3.42. The van der Waals surface area contributed by atoms with Crippen LogP contribution < -0.4 is 11.1 Å². The Labute approximate surface area is 228 Å². The Morgan fingerprint density at radius 1 is 1.10 bits per heavy atom. The second kappa shape index (κ2) is 9.98. The van der Waals surface area contributed by atoms with Crippen LogP contribution in [0.25, 0.3) is 0 Å². The number of anilines is 1. The number of carbonyl (C=O) groups excluding carboxylic acids is 3. The number of nitrogens with one attached hydrogen (secondary N) is 1. The smallest absolute Gasteiger partial charge is 0.255 e. The number of rotatable bonds is 5. The van der Waals surface area contributed by atoms with Crippen molar-refractivity contribution in [2.24, 2.45) is 23.5 Å². The van der Waals surface area contributed by atoms with Crippen LogP contribution in [0.5, 0.6) is 5.75 Å². The first-order valence-electron chi connectivity index (χ1n) is 13.7. The first-order chi connectivity index (χ1) is 18.4. The van der Waals surface area contributed by atoms with Crippen LogP contribution in [0.15, 0.2) is 34.8 Å². The number of nitrogens with two attached hydrogens (primary N) is 1. The number of allylic oxidation sites excluding steroid dienone is 2. The molecule has 1 heterocycles. The van der Waals surface area contributed by atoms with Gasteiger partial charge in [0.1, 0.15) is 22.8 Å². The zero-order valence-corrected chi connectivity index (χ0v) is 22.9. The summed E-state index contributed by atoms with van der Waals surface area (Å²) in [5, 5.41) is 36.9. The molecule has 0 saturated carbocycles. The molecule has 1 saturated heterocycles. The van der Waals surface area contributed by atoms with Gasteiger partial charge in [-0.15, -0.1) is 0 Å². The lowest BCUT2D eigenvalue weighted by molar-refractivity contribution is -0.127. The highest BCUT2D eigenvalue weighted by atomic mass is 16.3. The summed E-state index contributed by atoms with van der Waals surface area (Å²) in [6.07, 6.45) is 2.57. The Balaban J connectivity index is 1.49. The molecule has 10 heteroatoms. The topological polar surface area (TPSA) is 156 Å². The number of phenolic OH excluding ortho intramolecular Hbond substituents is 1. The lowest BCUT2D eigenvalue weighted by atomic mass is 9.61. The molecule has 0 aromatic heterocycles. The first kappa shape index (κ1) is 27.2. The fourth-order valence-electron chi connectivity index (χ4n) is 7.14. The number of likely N-dealkylation sites (tertiary alicyclic amines) is 1. The molecule has 3 aliphatic carbocycles. The lowest BCUT2D eigenvalue weighted by Crippen LogP contribution is -2.53. The molecular formula is C29H38N4O6. The Morgan fingerprint density at radius 2 is 1.77 bits per heavy atom. The van der Waals surface area contributed by atoms with Gasteiger partial charge in [-0.25, -0.2) is 0 Å². The molecule has 1 fully saturated rings. The number of nitrogens with zero attached hydrogens (tertiary/aromatic N) is 2. The predicted molar refractivity (Wildman–Crippen MR) is 146 cm³/mol. The van der Waals surface area contributed by atoms with E-state index in [2.05, 4.69) is 24.1 Å². The van der Waals surface area contributed by atoms with E-state index < -0.39 is 58.4 Å². The van der Waals surface area contributed by atoms with Gasteiger partial charge in [-0.1, -0.05) is 6.07 Å². The molecule has 10 nitrogen and oxygen atoms in total. The summed E-state index contributed by atoms with van der Waals surface area (Å²) in [5.74, 6) is -5.44. The number of fused-ring (bicyclic) bond motifs is 3. The van der Waals surface area contributed by atoms with E-state index in [9.17, 15) is 29.7 Å². The number of piperidine rings is 1. The van der Waals surface area contributed by atoms with E-state index in [1.807, 2.05) is 6.07 Å². The molecule has 4 aliphatic rings. The summed E-state index contributed by atoms with van der Waals surface area (Å²) in [6, 6.07) is 3.56. The molecular weight excluding hydrogens is 500 g/mol. The third-order valence-electron chi connectivity index (χ3n) is 9.06. The fourth-order valence-corrected chi connectivity index (χ4v) is 7.14. The number of aliphatic hydroxyl groups is 2. The van der Waals surface area contributed by atoms with Crippen molar-refractivity contribution in [3.8, 4) is 5.75 Å². The second-order valence-electron chi connectivity index (χ2n) is 11.8. The molecule has 4 unspecified atom stereocenters. The predicted octanol–water partition coefficient (Wildman–Crippen LogP) is 2.29. The molecule has 5 rings (SSSR count). The van der Waals surface area contributed by atoms with Gasteiger partial charge >= 0.3 is 0 Å². The Bertz CT molecular complexity index is 1290. The van der Waals surface area contributed by atoms with E-state index in [0.29, 0.717) is 30.1 Å². The van der Waals surface area contributed by atoms with Crippen LogP contribution in [0, 0.1) is 17.8 Å². The van der Waals surface area contributed by atoms with Gasteiger partial charge in [0.05, 0.1) is 23.2 Å². The molecule has 4 atom stereocenters. The average molecular weight is 539 g/mol. The maximum absolute atomic E-state index is 13.8. The molecule has 0 bridgehead atoms. The van der Waals surface area contributed by atoms with Crippen molar-refractivity contribution in [2.75, 3.05) is 32.5 Å². The standard InChI is InChI=1S/C29H38N4O6/c1-13(2)33-9-7-16(8-10-33)31-18-6-5-14-11-15-12-17-21(26(36)20(15)25(35)19(14)24(18)34)27(37)22(29(30)39)28(38)23(17)32(3)4/h5-6,13,15-17,21,23,31,34,36,38H,7-12H2,1-4H3,(H2,30,39). The van der Waals surface area contributed by atoms with Crippen LogP contribution in [-0.4, -0.2) is 87.9 Å². The number of benzene rings is 1. The fraction of sp³-hybridized carbons (Fsp3) is 0.552. The number of primary amides is 1. The average Bonchev–Trinajstić information content (AvgIpc) is 2.85. The van der Waals surface area contributed by atoms with Gasteiger partial charge in [0.25, 0.3) is 5.91 Å². The number of aliphatic hydroxyl groups excluding tert-OH is 2. The Morgan fingerprint density at radius 3 is 2.36 bits per heavy atom. The largest absolute Gasteiger partial charge is 0.511 e. The lowest BCUT2D eigenvalue weighted by Gasteiger charge is -2.46. The van der Waals surface area contributed by atoms with Crippen LogP contribution in [0.2, 0.25) is 0 Å². The van der Waals surface area contributed by atoms with E-state index in [1.165, 1.54) is 0 Å². The molecule has 1 aromatic rings. The van der Waals surface area contributed by atoms with Crippen molar-refractivity contribution in [3.63, 3.8) is 0 Å². The zero-order chi connectivity index (χ0) is 28.3. The van der Waals surface area contributed by atoms with Crippen LogP contribution in [0.3, 0.4) is 0 Å². The molecule has 1 aromatic carbocycles. The molecule has 0 spiro atoms. The molecule has 210 valence electrons. The van der Waals surface area contributed by atoms with Gasteiger partial charge in [-0.3, -0.25) is 19.3 Å². The SMILES string of the molecule is CC(C)N1CCC(Nc2ccc3c(c2O)C(=O)C2=C(O)C4C(=O)C(C(N)=O)=C(O)C(N(C)C)C4CC2C3)CC1. The van der Waals surface area contributed by atoms with Crippen LogP contribution >= 0.6 is 0 Å². The minimum atomic E-state index is -1.18. The first-order valence-corrected chi connectivity index (χ1v) is 13.7. The van der Waals surface area contributed by atoms with Gasteiger partial charge in [0.15, 0.2) is 11.6 Å². The van der Waals surface area contributed by atoms with Crippen molar-refractivity contribution < 1.29 is 29.7 Å². The maximum atomic E-state index is 13.8. The highest BCUT2D eigenvalue weighted by Gasteiger charge is 2.54. The van der Waals surface area contributed by atoms with E-state index >= 15 is 0 Å². The normalized spacial score (nSPS) is 28.1. The molecule has 1 amide bonds. The van der Waals surface area contributed by atoms with E-state index in [-0.39, 0.29) is 22.9 Å². The van der Waals surface area contributed by atoms with E-state index in [1.54, 1.807) is 25.1 Å².